The molecule has 5 heteroatoms. The van der Waals surface area contributed by atoms with Gasteiger partial charge in [0.1, 0.15) is 5.75 Å². The Morgan fingerprint density at radius 1 is 1.10 bits per heavy atom. The second kappa shape index (κ2) is 8.58. The van der Waals surface area contributed by atoms with E-state index in [9.17, 15) is 4.79 Å². The lowest BCUT2D eigenvalue weighted by molar-refractivity contribution is 0.102. The fourth-order valence-corrected chi connectivity index (χ4v) is 3.90. The number of anilines is 2. The Balaban J connectivity index is 1.46. The van der Waals surface area contributed by atoms with Crippen LogP contribution in [-0.4, -0.2) is 19.6 Å². The third-order valence-corrected chi connectivity index (χ3v) is 5.44. The number of ether oxygens (including phenoxy) is 1. The molecule has 0 radical (unpaired) electrons. The summed E-state index contributed by atoms with van der Waals surface area (Å²) < 4.78 is 5.29. The zero-order valence-electron chi connectivity index (χ0n) is 16.3. The molecule has 1 aliphatic rings. The van der Waals surface area contributed by atoms with Crippen LogP contribution in [0.1, 0.15) is 27.9 Å². The Bertz CT molecular complexity index is 1020. The molecule has 3 aromatic rings. The van der Waals surface area contributed by atoms with Crippen LogP contribution in [0.2, 0.25) is 5.02 Å². The van der Waals surface area contributed by atoms with Gasteiger partial charge in [-0.1, -0.05) is 41.9 Å². The Kier molecular flexibility index (Phi) is 5.72. The Labute approximate surface area is 176 Å². The molecule has 0 bridgehead atoms. The summed E-state index contributed by atoms with van der Waals surface area (Å²) in [5, 5.41) is 3.41. The summed E-state index contributed by atoms with van der Waals surface area (Å²) in [6.45, 7) is 1.88. The maximum Gasteiger partial charge on any atom is 0.255 e. The molecule has 1 aliphatic heterocycles. The minimum absolute atomic E-state index is 0.194. The molecule has 0 spiro atoms. The molecule has 0 atom stereocenters. The quantitative estimate of drug-likeness (QED) is 0.603. The first kappa shape index (κ1) is 19.3. The smallest absolute Gasteiger partial charge is 0.255 e. The molecule has 0 unspecified atom stereocenters. The number of benzene rings is 3. The average Bonchev–Trinajstić information content (AvgIpc) is 2.75. The molecule has 3 aromatic carbocycles. The lowest BCUT2D eigenvalue weighted by Crippen LogP contribution is -2.28. The van der Waals surface area contributed by atoms with Gasteiger partial charge in [-0.25, -0.2) is 0 Å². The third-order valence-electron chi connectivity index (χ3n) is 5.21. The average molecular weight is 407 g/mol. The van der Waals surface area contributed by atoms with Crippen molar-refractivity contribution in [2.75, 3.05) is 23.9 Å². The molecule has 0 aliphatic carbocycles. The standard InChI is InChI=1S/C24H23ClN2O2/c1-29-23-13-12-20(25)15-21(23)26-24(28)19-10-8-17(9-11-19)16-27-14-4-6-18-5-2-3-7-22(18)27/h2-3,5,7-13,15H,4,6,14,16H2,1H3,(H,26,28). The predicted molar refractivity (Wildman–Crippen MR) is 118 cm³/mol. The molecule has 1 amide bonds. The van der Waals surface area contributed by atoms with Crippen molar-refractivity contribution >= 4 is 28.9 Å². The SMILES string of the molecule is COc1ccc(Cl)cc1NC(=O)c1ccc(CN2CCCc3ccccc32)cc1. The zero-order chi connectivity index (χ0) is 20.2. The monoisotopic (exact) mass is 406 g/mol. The summed E-state index contributed by atoms with van der Waals surface area (Å²) in [5.41, 5.74) is 5.05. The topological polar surface area (TPSA) is 41.6 Å². The summed E-state index contributed by atoms with van der Waals surface area (Å²) in [4.78, 5) is 15.0. The molecule has 0 saturated carbocycles. The first-order valence-corrected chi connectivity index (χ1v) is 10.1. The van der Waals surface area contributed by atoms with Crippen molar-refractivity contribution in [1.29, 1.82) is 0 Å². The highest BCUT2D eigenvalue weighted by Gasteiger charge is 2.16. The van der Waals surface area contributed by atoms with E-state index in [0.29, 0.717) is 22.0 Å². The van der Waals surface area contributed by atoms with Crippen LogP contribution in [0.3, 0.4) is 0 Å². The van der Waals surface area contributed by atoms with Crippen molar-refractivity contribution in [3.8, 4) is 5.75 Å². The normalized spacial score (nSPS) is 13.0. The number of hydrogen-bond acceptors (Lipinski definition) is 3. The van der Waals surface area contributed by atoms with Gasteiger partial charge in [-0.05, 0) is 60.4 Å². The highest BCUT2D eigenvalue weighted by Crippen LogP contribution is 2.29. The molecule has 1 heterocycles. The van der Waals surface area contributed by atoms with Crippen LogP contribution in [0.25, 0.3) is 0 Å². The van der Waals surface area contributed by atoms with Crippen LogP contribution >= 0.6 is 11.6 Å². The number of halogens is 1. The summed E-state index contributed by atoms with van der Waals surface area (Å²) in [6.07, 6.45) is 2.30. The van der Waals surface area contributed by atoms with E-state index in [1.165, 1.54) is 23.2 Å². The molecule has 148 valence electrons. The van der Waals surface area contributed by atoms with E-state index in [-0.39, 0.29) is 5.91 Å². The highest BCUT2D eigenvalue weighted by molar-refractivity contribution is 6.31. The van der Waals surface area contributed by atoms with Gasteiger partial charge < -0.3 is 15.0 Å². The van der Waals surface area contributed by atoms with Crippen LogP contribution in [0, 0.1) is 0 Å². The fraction of sp³-hybridized carbons (Fsp3) is 0.208. The Morgan fingerprint density at radius 2 is 1.90 bits per heavy atom. The van der Waals surface area contributed by atoms with Crippen molar-refractivity contribution in [3.05, 3.63) is 88.4 Å². The Hall–Kier alpha value is -2.98. The first-order chi connectivity index (χ1) is 14.1. The summed E-state index contributed by atoms with van der Waals surface area (Å²) in [5.74, 6) is 0.378. The fourth-order valence-electron chi connectivity index (χ4n) is 3.73. The van der Waals surface area contributed by atoms with Crippen LogP contribution in [0.15, 0.2) is 66.7 Å². The predicted octanol–water partition coefficient (Wildman–Crippen LogP) is 5.55. The van der Waals surface area contributed by atoms with Gasteiger partial charge >= 0.3 is 0 Å². The lowest BCUT2D eigenvalue weighted by atomic mass is 10.0. The van der Waals surface area contributed by atoms with Crippen LogP contribution in [0.4, 0.5) is 11.4 Å². The molecular formula is C24H23ClN2O2. The second-order valence-corrected chi connectivity index (χ2v) is 7.59. The van der Waals surface area contributed by atoms with Crippen molar-refractivity contribution in [1.82, 2.24) is 0 Å². The number of aryl methyl sites for hydroxylation is 1. The van der Waals surface area contributed by atoms with Crippen LogP contribution in [0.5, 0.6) is 5.75 Å². The number of methoxy groups -OCH3 is 1. The largest absolute Gasteiger partial charge is 0.495 e. The van der Waals surface area contributed by atoms with Crippen molar-refractivity contribution in [2.24, 2.45) is 0 Å². The van der Waals surface area contributed by atoms with E-state index in [1.807, 2.05) is 24.3 Å². The van der Waals surface area contributed by atoms with Gasteiger partial charge in [-0.3, -0.25) is 4.79 Å². The van der Waals surface area contributed by atoms with Gasteiger partial charge in [0.2, 0.25) is 0 Å². The van der Waals surface area contributed by atoms with E-state index >= 15 is 0 Å². The maximum atomic E-state index is 12.6. The first-order valence-electron chi connectivity index (χ1n) is 9.71. The van der Waals surface area contributed by atoms with Gasteiger partial charge in [0.15, 0.2) is 0 Å². The van der Waals surface area contributed by atoms with Gasteiger partial charge in [-0.2, -0.15) is 0 Å². The van der Waals surface area contributed by atoms with Gasteiger partial charge in [0.25, 0.3) is 5.91 Å². The minimum atomic E-state index is -0.194. The number of nitrogens with one attached hydrogen (secondary N) is 1. The molecule has 4 nitrogen and oxygen atoms in total. The summed E-state index contributed by atoms with van der Waals surface area (Å²) >= 11 is 6.04. The van der Waals surface area contributed by atoms with E-state index in [1.54, 1.807) is 25.3 Å². The molecule has 0 saturated heterocycles. The van der Waals surface area contributed by atoms with Crippen LogP contribution < -0.4 is 15.0 Å². The van der Waals surface area contributed by atoms with Crippen molar-refractivity contribution < 1.29 is 9.53 Å². The summed E-state index contributed by atoms with van der Waals surface area (Å²) in [6, 6.07) is 21.5. The van der Waals surface area contributed by atoms with Gasteiger partial charge in [0, 0.05) is 29.4 Å². The molecule has 1 N–H and O–H groups in total. The second-order valence-electron chi connectivity index (χ2n) is 7.15. The number of amides is 1. The molecule has 4 rings (SSSR count). The maximum absolute atomic E-state index is 12.6. The summed E-state index contributed by atoms with van der Waals surface area (Å²) in [7, 11) is 1.56. The van der Waals surface area contributed by atoms with Gasteiger partial charge in [-0.15, -0.1) is 0 Å². The van der Waals surface area contributed by atoms with E-state index in [2.05, 4.69) is 34.5 Å². The number of carbonyl (C=O) groups is 1. The highest BCUT2D eigenvalue weighted by atomic mass is 35.5. The number of nitrogens with zero attached hydrogens (tertiary/aromatic N) is 1. The van der Waals surface area contributed by atoms with Crippen molar-refractivity contribution in [2.45, 2.75) is 19.4 Å². The van der Waals surface area contributed by atoms with E-state index < -0.39 is 0 Å². The number of rotatable bonds is 5. The Morgan fingerprint density at radius 3 is 2.69 bits per heavy atom. The number of carbonyl (C=O) groups excluding carboxylic acids is 1. The van der Waals surface area contributed by atoms with Gasteiger partial charge in [0.05, 0.1) is 12.8 Å². The third kappa shape index (κ3) is 4.38. The van der Waals surface area contributed by atoms with E-state index in [0.717, 1.165) is 19.5 Å². The number of hydrogen-bond donors (Lipinski definition) is 1. The number of para-hydroxylation sites is 1. The minimum Gasteiger partial charge on any atom is -0.495 e. The van der Waals surface area contributed by atoms with Crippen molar-refractivity contribution in [3.63, 3.8) is 0 Å². The molecular weight excluding hydrogens is 384 g/mol. The molecule has 0 aromatic heterocycles. The zero-order valence-corrected chi connectivity index (χ0v) is 17.1. The lowest BCUT2D eigenvalue weighted by Gasteiger charge is -2.31. The van der Waals surface area contributed by atoms with E-state index in [4.69, 9.17) is 16.3 Å². The van der Waals surface area contributed by atoms with Crippen LogP contribution in [-0.2, 0) is 13.0 Å². The number of fused-ring (bicyclic) bond motifs is 1. The molecule has 0 fully saturated rings. The molecule has 29 heavy (non-hydrogen) atoms.